The lowest BCUT2D eigenvalue weighted by molar-refractivity contribution is -0.746. The molecule has 0 aliphatic carbocycles. The van der Waals surface area contributed by atoms with E-state index in [1.807, 2.05) is 36.5 Å². The van der Waals surface area contributed by atoms with Crippen molar-refractivity contribution < 1.29 is 13.6 Å². The summed E-state index contributed by atoms with van der Waals surface area (Å²) in [7, 11) is 0. The third-order valence-corrected chi connectivity index (χ3v) is 5.23. The normalized spacial score (nSPS) is 11.2. The van der Waals surface area contributed by atoms with Crippen LogP contribution in [-0.2, 0) is 6.54 Å². The molecule has 29 heavy (non-hydrogen) atoms. The molecule has 3 heterocycles. The number of nitrogens with one attached hydrogen (secondary N) is 1. The Balaban J connectivity index is 1.41. The molecule has 142 valence electrons. The molecule has 6 nitrogen and oxygen atoms in total. The van der Waals surface area contributed by atoms with Crippen LogP contribution < -0.4 is 4.68 Å². The van der Waals surface area contributed by atoms with Crippen molar-refractivity contribution in [3.63, 3.8) is 0 Å². The fourth-order valence-corrected chi connectivity index (χ4v) is 3.44. The molecule has 0 bridgehead atoms. The minimum absolute atomic E-state index is 0.322. The molecule has 0 amide bonds. The number of aromatic amines is 1. The van der Waals surface area contributed by atoms with Gasteiger partial charge in [0.15, 0.2) is 0 Å². The van der Waals surface area contributed by atoms with Crippen LogP contribution in [0.25, 0.3) is 33.7 Å². The van der Waals surface area contributed by atoms with Crippen LogP contribution in [0.3, 0.4) is 0 Å². The Morgan fingerprint density at radius 2 is 1.93 bits per heavy atom. The Kier molecular flexibility index (Phi) is 4.55. The molecule has 0 aliphatic heterocycles. The molecule has 5 aromatic rings. The fourth-order valence-electron chi connectivity index (χ4n) is 3.08. The molecular formula is C21H14FIN5O+. The summed E-state index contributed by atoms with van der Waals surface area (Å²) in [5.41, 5.74) is 3.62. The average molecular weight is 498 g/mol. The van der Waals surface area contributed by atoms with E-state index < -0.39 is 0 Å². The maximum atomic E-state index is 14.0. The Hall–Kier alpha value is -3.14. The van der Waals surface area contributed by atoms with Gasteiger partial charge < -0.3 is 9.51 Å². The van der Waals surface area contributed by atoms with Crippen LogP contribution in [-0.4, -0.2) is 20.2 Å². The Bertz CT molecular complexity index is 1310. The molecule has 3 aromatic heterocycles. The van der Waals surface area contributed by atoms with Gasteiger partial charge in [0.1, 0.15) is 34.6 Å². The molecule has 0 atom stereocenters. The highest BCUT2D eigenvalue weighted by Gasteiger charge is 2.16. The van der Waals surface area contributed by atoms with E-state index in [0.717, 1.165) is 20.3 Å². The average Bonchev–Trinajstić information content (AvgIpc) is 3.35. The molecule has 0 radical (unpaired) electrons. The van der Waals surface area contributed by atoms with Gasteiger partial charge >= 0.3 is 0 Å². The number of imidazole rings is 1. The molecule has 0 aliphatic rings. The van der Waals surface area contributed by atoms with Crippen molar-refractivity contribution in [3.05, 3.63) is 82.1 Å². The minimum atomic E-state index is -0.322. The lowest BCUT2D eigenvalue weighted by Gasteiger charge is -1.96. The SMILES string of the molecule is Fc1ccccc1-c1nc2cn[n+](Cc3cc(-c4ccc(I)cc4)no3)cc2[nH]1. The van der Waals surface area contributed by atoms with Crippen LogP contribution in [0.4, 0.5) is 4.39 Å². The number of halogens is 2. The van der Waals surface area contributed by atoms with E-state index in [4.69, 9.17) is 4.52 Å². The second-order valence-electron chi connectivity index (χ2n) is 6.52. The molecule has 0 unspecified atom stereocenters. The van der Waals surface area contributed by atoms with Gasteiger partial charge in [-0.05, 0) is 52.0 Å². The minimum Gasteiger partial charge on any atom is -0.354 e. The van der Waals surface area contributed by atoms with E-state index in [1.165, 1.54) is 6.07 Å². The number of H-pyrrole nitrogens is 1. The summed E-state index contributed by atoms with van der Waals surface area (Å²) in [5, 5.41) is 8.52. The molecule has 0 fully saturated rings. The van der Waals surface area contributed by atoms with Gasteiger partial charge in [-0.15, -0.1) is 0 Å². The van der Waals surface area contributed by atoms with E-state index >= 15 is 0 Å². The standard InChI is InChI=1S/C21H13FIN5O/c22-17-4-2-1-3-16(17)21-25-19-10-24-28(12-20(19)26-21)11-15-9-18(27-29-15)13-5-7-14(23)8-6-13/h1-10,12H,11H2/p+1. The number of benzene rings is 2. The van der Waals surface area contributed by atoms with Crippen LogP contribution in [0.1, 0.15) is 5.76 Å². The first-order chi connectivity index (χ1) is 14.2. The largest absolute Gasteiger partial charge is 0.354 e. The summed E-state index contributed by atoms with van der Waals surface area (Å²) in [6.07, 6.45) is 3.46. The summed E-state index contributed by atoms with van der Waals surface area (Å²) < 4.78 is 22.4. The zero-order chi connectivity index (χ0) is 19.8. The van der Waals surface area contributed by atoms with E-state index in [1.54, 1.807) is 29.1 Å². The molecule has 2 aromatic carbocycles. The summed E-state index contributed by atoms with van der Waals surface area (Å²) in [5.74, 6) is 0.833. The number of rotatable bonds is 4. The third kappa shape index (κ3) is 3.63. The van der Waals surface area contributed by atoms with E-state index in [0.29, 0.717) is 29.2 Å². The Morgan fingerprint density at radius 1 is 1.10 bits per heavy atom. The van der Waals surface area contributed by atoms with Gasteiger partial charge in [-0.3, -0.25) is 0 Å². The summed E-state index contributed by atoms with van der Waals surface area (Å²) in [6, 6.07) is 16.5. The predicted molar refractivity (Wildman–Crippen MR) is 113 cm³/mol. The highest BCUT2D eigenvalue weighted by molar-refractivity contribution is 14.1. The maximum Gasteiger partial charge on any atom is 0.234 e. The van der Waals surface area contributed by atoms with Gasteiger partial charge in [-0.1, -0.05) is 34.1 Å². The number of fused-ring (bicyclic) bond motifs is 1. The third-order valence-electron chi connectivity index (χ3n) is 4.51. The van der Waals surface area contributed by atoms with Gasteiger partial charge in [0.25, 0.3) is 0 Å². The van der Waals surface area contributed by atoms with Crippen molar-refractivity contribution in [2.45, 2.75) is 6.54 Å². The van der Waals surface area contributed by atoms with Crippen molar-refractivity contribution in [3.8, 4) is 22.6 Å². The lowest BCUT2D eigenvalue weighted by Crippen LogP contribution is -2.37. The van der Waals surface area contributed by atoms with Gasteiger partial charge in [-0.25, -0.2) is 9.37 Å². The lowest BCUT2D eigenvalue weighted by atomic mass is 10.1. The first kappa shape index (κ1) is 17.9. The monoisotopic (exact) mass is 498 g/mol. The molecule has 1 N–H and O–H groups in total. The zero-order valence-electron chi connectivity index (χ0n) is 15.0. The topological polar surface area (TPSA) is 71.5 Å². The first-order valence-corrected chi connectivity index (χ1v) is 9.95. The number of hydrogen-bond acceptors (Lipinski definition) is 4. The van der Waals surface area contributed by atoms with Crippen molar-refractivity contribution in [1.29, 1.82) is 0 Å². The quantitative estimate of drug-likeness (QED) is 0.296. The fraction of sp³-hybridized carbons (Fsp3) is 0.0476. The van der Waals surface area contributed by atoms with Crippen LogP contribution >= 0.6 is 22.6 Å². The highest BCUT2D eigenvalue weighted by atomic mass is 127. The maximum absolute atomic E-state index is 14.0. The molecule has 0 spiro atoms. The summed E-state index contributed by atoms with van der Waals surface area (Å²) >= 11 is 2.27. The van der Waals surface area contributed by atoms with Gasteiger partial charge in [-0.2, -0.15) is 0 Å². The van der Waals surface area contributed by atoms with Crippen molar-refractivity contribution >= 4 is 33.6 Å². The van der Waals surface area contributed by atoms with Crippen LogP contribution in [0.15, 0.2) is 71.5 Å². The van der Waals surface area contributed by atoms with Crippen LogP contribution in [0.2, 0.25) is 0 Å². The molecule has 8 heteroatoms. The van der Waals surface area contributed by atoms with Crippen LogP contribution in [0, 0.1) is 9.39 Å². The van der Waals surface area contributed by atoms with E-state index in [2.05, 4.69) is 42.8 Å². The molecule has 5 rings (SSSR count). The smallest absolute Gasteiger partial charge is 0.234 e. The van der Waals surface area contributed by atoms with Gasteiger partial charge in [0.05, 0.1) is 5.56 Å². The Labute approximate surface area is 178 Å². The van der Waals surface area contributed by atoms with E-state index in [-0.39, 0.29) is 5.82 Å². The number of aromatic nitrogens is 5. The second kappa shape index (κ2) is 7.36. The van der Waals surface area contributed by atoms with Crippen molar-refractivity contribution in [1.82, 2.24) is 20.2 Å². The molecule has 0 saturated carbocycles. The van der Waals surface area contributed by atoms with Crippen molar-refractivity contribution in [2.24, 2.45) is 0 Å². The summed E-state index contributed by atoms with van der Waals surface area (Å²) in [6.45, 7) is 0.418. The van der Waals surface area contributed by atoms with Crippen LogP contribution in [0.5, 0.6) is 0 Å². The molecular weight excluding hydrogens is 484 g/mol. The first-order valence-electron chi connectivity index (χ1n) is 8.88. The van der Waals surface area contributed by atoms with Crippen molar-refractivity contribution in [2.75, 3.05) is 0 Å². The highest BCUT2D eigenvalue weighted by Crippen LogP contribution is 2.22. The predicted octanol–water partition coefficient (Wildman–Crippen LogP) is 4.36. The van der Waals surface area contributed by atoms with E-state index in [9.17, 15) is 4.39 Å². The Morgan fingerprint density at radius 3 is 2.76 bits per heavy atom. The second-order valence-corrected chi connectivity index (χ2v) is 7.77. The number of nitrogens with zero attached hydrogens (tertiary/aromatic N) is 4. The summed E-state index contributed by atoms with van der Waals surface area (Å²) in [4.78, 5) is 7.59. The van der Waals surface area contributed by atoms with Gasteiger partial charge in [0, 0.05) is 15.2 Å². The van der Waals surface area contributed by atoms with Gasteiger partial charge in [0.2, 0.25) is 18.5 Å². The molecule has 0 saturated heterocycles. The zero-order valence-corrected chi connectivity index (χ0v) is 17.2. The number of hydrogen-bond donors (Lipinski definition) is 1.